The van der Waals surface area contributed by atoms with E-state index in [0.717, 1.165) is 18.8 Å². The number of carbonyl (C=O) groups is 1. The van der Waals surface area contributed by atoms with Crippen molar-refractivity contribution in [2.24, 2.45) is 5.16 Å². The van der Waals surface area contributed by atoms with E-state index in [4.69, 9.17) is 9.84 Å². The van der Waals surface area contributed by atoms with E-state index in [1.807, 2.05) is 24.3 Å². The molecule has 0 unspecified atom stereocenters. The van der Waals surface area contributed by atoms with E-state index in [1.165, 1.54) is 18.2 Å². The number of rotatable bonds is 8. The number of hydrogen-bond acceptors (Lipinski definition) is 6. The lowest BCUT2D eigenvalue weighted by molar-refractivity contribution is 0.0693. The molecule has 0 aliphatic rings. The van der Waals surface area contributed by atoms with Crippen LogP contribution in [0.15, 0.2) is 47.6 Å². The zero-order valence-electron chi connectivity index (χ0n) is 14.7. The molecule has 0 bridgehead atoms. The summed E-state index contributed by atoms with van der Waals surface area (Å²) in [5.74, 6) is -1.34. The predicted molar refractivity (Wildman–Crippen MR) is 98.9 cm³/mol. The number of aromatic hydroxyl groups is 1. The fraction of sp³-hybridized carbons (Fsp3) is 0.263. The fourth-order valence-electron chi connectivity index (χ4n) is 2.56. The Kier molecular flexibility index (Phi) is 6.43. The Balaban J connectivity index is 2.08. The molecule has 0 aliphatic heterocycles. The highest BCUT2D eigenvalue weighted by molar-refractivity contribution is 6.01. The number of ether oxygens (including phenoxy) is 1. The first-order valence-electron chi connectivity index (χ1n) is 8.25. The van der Waals surface area contributed by atoms with Crippen LogP contribution in [-0.4, -0.2) is 46.8 Å². The Hall–Kier alpha value is -3.22. The third-order valence-electron chi connectivity index (χ3n) is 4.02. The Morgan fingerprint density at radius 2 is 1.77 bits per heavy atom. The van der Waals surface area contributed by atoms with Gasteiger partial charge in [0.25, 0.3) is 0 Å². The lowest BCUT2D eigenvalue weighted by Crippen LogP contribution is -2.21. The van der Waals surface area contributed by atoms with Gasteiger partial charge < -0.3 is 25.1 Å². The van der Waals surface area contributed by atoms with E-state index < -0.39 is 5.97 Å². The number of carboxylic acids is 1. The average molecular weight is 358 g/mol. The average Bonchev–Trinajstić information content (AvgIpc) is 2.64. The van der Waals surface area contributed by atoms with Crippen molar-refractivity contribution < 1.29 is 25.0 Å². The highest BCUT2D eigenvalue weighted by Gasteiger charge is 2.12. The van der Waals surface area contributed by atoms with Crippen molar-refractivity contribution in [1.29, 1.82) is 0 Å². The van der Waals surface area contributed by atoms with E-state index in [0.29, 0.717) is 11.3 Å². The SMILES string of the molecule is CCN(CC)c1ccc(/C(COc2ccc(C(=O)O)c(O)c2)=N\O)cc1. The van der Waals surface area contributed by atoms with Crippen LogP contribution in [0.3, 0.4) is 0 Å². The molecule has 0 fully saturated rings. The first-order chi connectivity index (χ1) is 12.5. The zero-order valence-corrected chi connectivity index (χ0v) is 14.7. The minimum absolute atomic E-state index is 0.0347. The molecule has 0 radical (unpaired) electrons. The molecule has 0 spiro atoms. The summed E-state index contributed by atoms with van der Waals surface area (Å²) in [5.41, 5.74) is 1.89. The van der Waals surface area contributed by atoms with Gasteiger partial charge in [0.1, 0.15) is 29.4 Å². The van der Waals surface area contributed by atoms with Crippen LogP contribution in [0.1, 0.15) is 29.8 Å². The quantitative estimate of drug-likeness (QED) is 0.380. The van der Waals surface area contributed by atoms with Gasteiger partial charge in [-0.25, -0.2) is 4.79 Å². The van der Waals surface area contributed by atoms with E-state index in [2.05, 4.69) is 23.9 Å². The van der Waals surface area contributed by atoms with Gasteiger partial charge in [0.15, 0.2) is 0 Å². The summed E-state index contributed by atoms with van der Waals surface area (Å²) in [6.07, 6.45) is 0. The molecule has 0 amide bonds. The summed E-state index contributed by atoms with van der Waals surface area (Å²) < 4.78 is 5.49. The standard InChI is InChI=1S/C19H22N2O5/c1-3-21(4-2)14-7-5-13(6-8-14)17(20-25)12-26-15-9-10-16(19(23)24)18(22)11-15/h5-11,22,25H,3-4,12H2,1-2H3,(H,23,24)/b20-17-. The Bertz CT molecular complexity index is 783. The van der Waals surface area contributed by atoms with Crippen LogP contribution in [-0.2, 0) is 0 Å². The van der Waals surface area contributed by atoms with Crippen molar-refractivity contribution in [2.75, 3.05) is 24.6 Å². The molecule has 0 heterocycles. The monoisotopic (exact) mass is 358 g/mol. The molecule has 3 N–H and O–H groups in total. The van der Waals surface area contributed by atoms with Crippen LogP contribution in [0, 0.1) is 0 Å². The van der Waals surface area contributed by atoms with E-state index in [1.54, 1.807) is 0 Å². The highest BCUT2D eigenvalue weighted by atomic mass is 16.5. The zero-order chi connectivity index (χ0) is 19.1. The number of carboxylic acid groups (broad SMARTS) is 1. The third-order valence-corrected chi connectivity index (χ3v) is 4.02. The number of aromatic carboxylic acids is 1. The number of phenols is 1. The second kappa shape index (κ2) is 8.75. The maximum atomic E-state index is 10.9. The van der Waals surface area contributed by atoms with Crippen LogP contribution < -0.4 is 9.64 Å². The summed E-state index contributed by atoms with van der Waals surface area (Å²) in [7, 11) is 0. The van der Waals surface area contributed by atoms with Crippen molar-refractivity contribution in [3.63, 3.8) is 0 Å². The van der Waals surface area contributed by atoms with Gasteiger partial charge >= 0.3 is 5.97 Å². The summed E-state index contributed by atoms with van der Waals surface area (Å²) in [6.45, 7) is 5.92. The molecule has 2 rings (SSSR count). The van der Waals surface area contributed by atoms with Crippen molar-refractivity contribution in [1.82, 2.24) is 0 Å². The number of oxime groups is 1. The maximum Gasteiger partial charge on any atom is 0.339 e. The fourth-order valence-corrected chi connectivity index (χ4v) is 2.56. The first kappa shape index (κ1) is 19.1. The van der Waals surface area contributed by atoms with Gasteiger partial charge in [-0.3, -0.25) is 0 Å². The molecule has 26 heavy (non-hydrogen) atoms. The van der Waals surface area contributed by atoms with Gasteiger partial charge in [0.05, 0.1) is 0 Å². The smallest absolute Gasteiger partial charge is 0.339 e. The third kappa shape index (κ3) is 4.44. The first-order valence-corrected chi connectivity index (χ1v) is 8.25. The molecule has 0 aliphatic carbocycles. The second-order valence-corrected chi connectivity index (χ2v) is 5.54. The van der Waals surface area contributed by atoms with E-state index in [9.17, 15) is 15.1 Å². The van der Waals surface area contributed by atoms with Crippen LogP contribution in [0.2, 0.25) is 0 Å². The number of nitrogens with zero attached hydrogens (tertiary/aromatic N) is 2. The predicted octanol–water partition coefficient (Wildman–Crippen LogP) is 3.19. The van der Waals surface area contributed by atoms with Crippen molar-refractivity contribution >= 4 is 17.4 Å². The topological polar surface area (TPSA) is 103 Å². The van der Waals surface area contributed by atoms with Gasteiger partial charge in [0.2, 0.25) is 0 Å². The molecule has 0 aromatic heterocycles. The maximum absolute atomic E-state index is 10.9. The molecule has 0 saturated carbocycles. The molecule has 2 aromatic carbocycles. The van der Waals surface area contributed by atoms with Crippen molar-refractivity contribution in [3.8, 4) is 11.5 Å². The molecule has 2 aromatic rings. The second-order valence-electron chi connectivity index (χ2n) is 5.54. The number of hydrogen-bond donors (Lipinski definition) is 3. The largest absolute Gasteiger partial charge is 0.507 e. The van der Waals surface area contributed by atoms with Crippen LogP contribution in [0.25, 0.3) is 0 Å². The van der Waals surface area contributed by atoms with Crippen LogP contribution >= 0.6 is 0 Å². The molecule has 7 nitrogen and oxygen atoms in total. The summed E-state index contributed by atoms with van der Waals surface area (Å²) in [5, 5.41) is 31.1. The molecule has 0 atom stereocenters. The van der Waals surface area contributed by atoms with Crippen molar-refractivity contribution in [3.05, 3.63) is 53.6 Å². The molecular weight excluding hydrogens is 336 g/mol. The highest BCUT2D eigenvalue weighted by Crippen LogP contribution is 2.24. The van der Waals surface area contributed by atoms with Crippen LogP contribution in [0.5, 0.6) is 11.5 Å². The van der Waals surface area contributed by atoms with E-state index in [-0.39, 0.29) is 23.7 Å². The van der Waals surface area contributed by atoms with E-state index >= 15 is 0 Å². The van der Waals surface area contributed by atoms with Gasteiger partial charge in [0, 0.05) is 30.4 Å². The lowest BCUT2D eigenvalue weighted by atomic mass is 10.1. The normalized spacial score (nSPS) is 11.2. The summed E-state index contributed by atoms with van der Waals surface area (Å²) >= 11 is 0. The summed E-state index contributed by atoms with van der Waals surface area (Å²) in [6, 6.07) is 11.5. The molecule has 138 valence electrons. The Morgan fingerprint density at radius 3 is 2.27 bits per heavy atom. The molecular formula is C19H22N2O5. The molecule has 0 saturated heterocycles. The van der Waals surface area contributed by atoms with Gasteiger partial charge in [-0.1, -0.05) is 17.3 Å². The summed E-state index contributed by atoms with van der Waals surface area (Å²) in [4.78, 5) is 13.1. The Labute approximate surface area is 151 Å². The minimum Gasteiger partial charge on any atom is -0.507 e. The lowest BCUT2D eigenvalue weighted by Gasteiger charge is -2.21. The molecule has 7 heteroatoms. The van der Waals surface area contributed by atoms with Gasteiger partial charge in [-0.2, -0.15) is 0 Å². The number of anilines is 1. The van der Waals surface area contributed by atoms with Crippen LogP contribution in [0.4, 0.5) is 5.69 Å². The van der Waals surface area contributed by atoms with Crippen molar-refractivity contribution in [2.45, 2.75) is 13.8 Å². The van der Waals surface area contributed by atoms with Gasteiger partial charge in [-0.15, -0.1) is 0 Å². The van der Waals surface area contributed by atoms with Gasteiger partial charge in [-0.05, 0) is 38.1 Å². The Morgan fingerprint density at radius 1 is 1.12 bits per heavy atom. The minimum atomic E-state index is -1.22. The number of benzene rings is 2.